The van der Waals surface area contributed by atoms with E-state index >= 15 is 0 Å². The van der Waals surface area contributed by atoms with Gasteiger partial charge in [-0.1, -0.05) is 23.9 Å². The van der Waals surface area contributed by atoms with Gasteiger partial charge in [-0.15, -0.1) is 0 Å². The molecule has 2 atom stereocenters. The molecule has 0 radical (unpaired) electrons. The Morgan fingerprint density at radius 3 is 2.35 bits per heavy atom. The van der Waals surface area contributed by atoms with Crippen molar-refractivity contribution in [3.05, 3.63) is 29.8 Å². The molecule has 2 N–H and O–H groups in total. The molecule has 2 rings (SSSR count). The second kappa shape index (κ2) is 8.68. The minimum atomic E-state index is -0.913. The Labute approximate surface area is 142 Å². The van der Waals surface area contributed by atoms with Crippen LogP contribution in [-0.2, 0) is 4.79 Å². The van der Waals surface area contributed by atoms with Gasteiger partial charge in [0, 0.05) is 44.5 Å². The summed E-state index contributed by atoms with van der Waals surface area (Å²) in [5.74, 6) is 0.521. The molecule has 0 spiro atoms. The van der Waals surface area contributed by atoms with Gasteiger partial charge in [-0.3, -0.25) is 4.79 Å². The lowest BCUT2D eigenvalue weighted by Crippen LogP contribution is -2.44. The zero-order valence-corrected chi connectivity index (χ0v) is 14.6. The maximum Gasteiger partial charge on any atom is 0.185 e. The van der Waals surface area contributed by atoms with Crippen molar-refractivity contribution in [3.8, 4) is 0 Å². The summed E-state index contributed by atoms with van der Waals surface area (Å²) in [7, 11) is 2.13. The number of nitrogens with zero attached hydrogens (tertiary/aromatic N) is 2. The average molecular weight is 338 g/mol. The van der Waals surface area contributed by atoms with Crippen molar-refractivity contribution in [2.24, 2.45) is 0 Å². The smallest absolute Gasteiger partial charge is 0.185 e. The van der Waals surface area contributed by atoms with Gasteiger partial charge >= 0.3 is 0 Å². The van der Waals surface area contributed by atoms with Crippen LogP contribution in [0, 0.1) is 0 Å². The van der Waals surface area contributed by atoms with Crippen LogP contribution in [0.15, 0.2) is 24.3 Å². The topological polar surface area (TPSA) is 64.0 Å². The van der Waals surface area contributed by atoms with Gasteiger partial charge in [-0.25, -0.2) is 0 Å². The molecule has 1 saturated heterocycles. The van der Waals surface area contributed by atoms with Crippen LogP contribution in [-0.4, -0.2) is 65.3 Å². The quantitative estimate of drug-likeness (QED) is 0.820. The Balaban J connectivity index is 1.89. The van der Waals surface area contributed by atoms with Crippen molar-refractivity contribution in [1.29, 1.82) is 0 Å². The fourth-order valence-corrected chi connectivity index (χ4v) is 3.30. The molecular formula is C17H26N2O3S. The molecule has 5 nitrogen and oxygen atoms in total. The molecule has 1 aliphatic rings. The number of likely N-dealkylation sites (N-methyl/N-ethyl adjacent to an activating group) is 1. The van der Waals surface area contributed by atoms with Crippen molar-refractivity contribution in [2.75, 3.05) is 43.9 Å². The number of hydrogen-bond acceptors (Lipinski definition) is 6. The van der Waals surface area contributed by atoms with E-state index in [0.29, 0.717) is 17.7 Å². The third-order valence-electron chi connectivity index (χ3n) is 4.19. The summed E-state index contributed by atoms with van der Waals surface area (Å²) >= 11 is 1.17. The zero-order chi connectivity index (χ0) is 16.8. The largest absolute Gasteiger partial charge is 0.390 e. The standard InChI is InChI=1S/C17H26N2O3S/c1-13(20)23-12-7-16(21)17(22)14-3-5-15(6-4-14)19-10-8-18(2)9-11-19/h3-6,16-17,21-22H,7-12H2,1-2H3. The van der Waals surface area contributed by atoms with Crippen molar-refractivity contribution in [2.45, 2.75) is 25.6 Å². The fraction of sp³-hybridized carbons (Fsp3) is 0.588. The van der Waals surface area contributed by atoms with Crippen LogP contribution in [0.25, 0.3) is 0 Å². The monoisotopic (exact) mass is 338 g/mol. The first-order chi connectivity index (χ1) is 11.0. The molecule has 1 aromatic carbocycles. The number of aliphatic hydroxyl groups excluding tert-OH is 2. The van der Waals surface area contributed by atoms with Gasteiger partial charge in [-0.05, 0) is 31.2 Å². The van der Waals surface area contributed by atoms with E-state index in [0.717, 1.165) is 31.9 Å². The van der Waals surface area contributed by atoms with Gasteiger partial charge in [0.25, 0.3) is 0 Å². The summed E-state index contributed by atoms with van der Waals surface area (Å²) in [5.41, 5.74) is 1.86. The second-order valence-corrected chi connectivity index (χ2v) is 7.29. The van der Waals surface area contributed by atoms with E-state index in [2.05, 4.69) is 16.8 Å². The first-order valence-electron chi connectivity index (χ1n) is 8.00. The van der Waals surface area contributed by atoms with Gasteiger partial charge in [-0.2, -0.15) is 0 Å². The van der Waals surface area contributed by atoms with Crippen molar-refractivity contribution >= 4 is 22.6 Å². The summed E-state index contributed by atoms with van der Waals surface area (Å²) in [5, 5.41) is 20.3. The summed E-state index contributed by atoms with van der Waals surface area (Å²) in [4.78, 5) is 15.5. The van der Waals surface area contributed by atoms with Gasteiger partial charge in [0.1, 0.15) is 6.10 Å². The minimum Gasteiger partial charge on any atom is -0.390 e. The lowest BCUT2D eigenvalue weighted by atomic mass is 10.0. The highest BCUT2D eigenvalue weighted by atomic mass is 32.2. The van der Waals surface area contributed by atoms with Gasteiger partial charge in [0.05, 0.1) is 6.10 Å². The number of rotatable bonds is 6. The number of anilines is 1. The molecule has 0 aromatic heterocycles. The molecule has 23 heavy (non-hydrogen) atoms. The van der Waals surface area contributed by atoms with E-state index < -0.39 is 12.2 Å². The predicted octanol–water partition coefficient (Wildman–Crippen LogP) is 1.50. The number of aliphatic hydroxyl groups is 2. The Morgan fingerprint density at radius 1 is 1.17 bits per heavy atom. The number of carbonyl (C=O) groups excluding carboxylic acids is 1. The third-order valence-corrected chi connectivity index (χ3v) is 5.03. The Morgan fingerprint density at radius 2 is 1.78 bits per heavy atom. The number of piperazine rings is 1. The minimum absolute atomic E-state index is 0.0308. The van der Waals surface area contributed by atoms with E-state index in [4.69, 9.17) is 0 Å². The fourth-order valence-electron chi connectivity index (χ4n) is 2.65. The summed E-state index contributed by atoms with van der Waals surface area (Å²) in [6.45, 7) is 5.62. The molecule has 6 heteroatoms. The Bertz CT molecular complexity index is 501. The van der Waals surface area contributed by atoms with Crippen LogP contribution >= 0.6 is 11.8 Å². The van der Waals surface area contributed by atoms with Crippen LogP contribution in [0.4, 0.5) is 5.69 Å². The van der Waals surface area contributed by atoms with Crippen LogP contribution in [0.1, 0.15) is 25.0 Å². The van der Waals surface area contributed by atoms with E-state index in [1.165, 1.54) is 18.7 Å². The Hall–Kier alpha value is -1.08. The maximum absolute atomic E-state index is 10.9. The van der Waals surface area contributed by atoms with Crippen LogP contribution < -0.4 is 4.90 Å². The highest BCUT2D eigenvalue weighted by molar-refractivity contribution is 8.13. The SMILES string of the molecule is CC(=O)SCCC(O)C(O)c1ccc(N2CCN(C)CC2)cc1. The molecule has 128 valence electrons. The molecule has 1 fully saturated rings. The maximum atomic E-state index is 10.9. The number of benzene rings is 1. The highest BCUT2D eigenvalue weighted by Crippen LogP contribution is 2.24. The molecular weight excluding hydrogens is 312 g/mol. The predicted molar refractivity (Wildman–Crippen MR) is 94.9 cm³/mol. The highest BCUT2D eigenvalue weighted by Gasteiger charge is 2.19. The van der Waals surface area contributed by atoms with Gasteiger partial charge in [0.2, 0.25) is 0 Å². The van der Waals surface area contributed by atoms with E-state index in [-0.39, 0.29) is 5.12 Å². The molecule has 0 saturated carbocycles. The summed E-state index contributed by atoms with van der Waals surface area (Å²) in [6, 6.07) is 7.75. The van der Waals surface area contributed by atoms with Crippen LogP contribution in [0.3, 0.4) is 0 Å². The molecule has 0 bridgehead atoms. The van der Waals surface area contributed by atoms with Crippen molar-refractivity contribution < 1.29 is 15.0 Å². The molecule has 0 amide bonds. The first kappa shape index (κ1) is 18.3. The van der Waals surface area contributed by atoms with Crippen LogP contribution in [0.5, 0.6) is 0 Å². The third kappa shape index (κ3) is 5.49. The molecule has 1 aliphatic heterocycles. The van der Waals surface area contributed by atoms with E-state index in [1.54, 1.807) is 0 Å². The van der Waals surface area contributed by atoms with Crippen molar-refractivity contribution in [1.82, 2.24) is 4.90 Å². The summed E-state index contributed by atoms with van der Waals surface area (Å²) < 4.78 is 0. The number of carbonyl (C=O) groups is 1. The van der Waals surface area contributed by atoms with Crippen molar-refractivity contribution in [3.63, 3.8) is 0 Å². The summed E-state index contributed by atoms with van der Waals surface area (Å²) in [6.07, 6.45) is -1.37. The molecule has 1 heterocycles. The number of thioether (sulfide) groups is 1. The normalized spacial score (nSPS) is 18.7. The zero-order valence-electron chi connectivity index (χ0n) is 13.8. The molecule has 0 aliphatic carbocycles. The lowest BCUT2D eigenvalue weighted by molar-refractivity contribution is -0.109. The second-order valence-electron chi connectivity index (χ2n) is 6.02. The van der Waals surface area contributed by atoms with Gasteiger partial charge in [0.15, 0.2) is 5.12 Å². The number of hydrogen-bond donors (Lipinski definition) is 2. The van der Waals surface area contributed by atoms with Crippen LogP contribution in [0.2, 0.25) is 0 Å². The van der Waals surface area contributed by atoms with Gasteiger partial charge < -0.3 is 20.0 Å². The van der Waals surface area contributed by atoms with E-state index in [1.807, 2.05) is 24.3 Å². The molecule has 1 aromatic rings. The Kier molecular flexibility index (Phi) is 6.89. The average Bonchev–Trinajstić information content (AvgIpc) is 2.54. The lowest BCUT2D eigenvalue weighted by Gasteiger charge is -2.34. The van der Waals surface area contributed by atoms with E-state index in [9.17, 15) is 15.0 Å². The molecule has 2 unspecified atom stereocenters. The first-order valence-corrected chi connectivity index (χ1v) is 8.99.